The van der Waals surface area contributed by atoms with Crippen LogP contribution >= 0.6 is 0 Å². The van der Waals surface area contributed by atoms with Crippen LogP contribution in [-0.2, 0) is 0 Å². The van der Waals surface area contributed by atoms with E-state index in [4.69, 9.17) is 4.74 Å². The first-order chi connectivity index (χ1) is 16.2. The molecule has 7 unspecified atom stereocenters. The Bertz CT molecular complexity index is 1260. The zero-order valence-corrected chi connectivity index (χ0v) is 20.1. The first kappa shape index (κ1) is 21.5. The van der Waals surface area contributed by atoms with Gasteiger partial charge in [0.2, 0.25) is 5.88 Å². The Morgan fingerprint density at radius 3 is 2.56 bits per heavy atom. The molecule has 2 aliphatic heterocycles. The Kier molecular flexibility index (Phi) is 4.44. The number of piperidine rings is 2. The molecule has 1 saturated carbocycles. The van der Waals surface area contributed by atoms with Crippen LogP contribution in [0.4, 0.5) is 4.39 Å². The molecule has 2 saturated heterocycles. The normalized spacial score (nSPS) is 36.4. The molecular formula is C26H30FN5O2. The van der Waals surface area contributed by atoms with Crippen LogP contribution in [0.15, 0.2) is 42.6 Å². The van der Waals surface area contributed by atoms with Crippen molar-refractivity contribution in [3.63, 3.8) is 0 Å². The van der Waals surface area contributed by atoms with Gasteiger partial charge in [-0.15, -0.1) is 10.2 Å². The summed E-state index contributed by atoms with van der Waals surface area (Å²) in [7, 11) is 2.05. The number of halogens is 1. The minimum absolute atomic E-state index is 0.0158. The second-order valence-electron chi connectivity index (χ2n) is 10.6. The van der Waals surface area contributed by atoms with E-state index in [-0.39, 0.29) is 22.6 Å². The molecule has 8 heteroatoms. The van der Waals surface area contributed by atoms with E-state index in [1.807, 2.05) is 32.3 Å². The van der Waals surface area contributed by atoms with Gasteiger partial charge in [0.15, 0.2) is 6.17 Å². The lowest BCUT2D eigenvalue weighted by molar-refractivity contribution is -0.0464. The van der Waals surface area contributed by atoms with Crippen LogP contribution in [0.25, 0.3) is 16.9 Å². The summed E-state index contributed by atoms with van der Waals surface area (Å²) in [6, 6.07) is 10.8. The smallest absolute Gasteiger partial charge is 0.233 e. The molecule has 1 aliphatic carbocycles. The summed E-state index contributed by atoms with van der Waals surface area (Å²) in [6.07, 6.45) is 0.865. The fraction of sp³-hybridized carbons (Fsp3) is 0.500. The number of phenolic OH excluding ortho intramolecular Hbond substituents is 1. The summed E-state index contributed by atoms with van der Waals surface area (Å²) in [5.41, 5.74) is 2.84. The maximum atomic E-state index is 15.7. The van der Waals surface area contributed by atoms with Gasteiger partial charge in [-0.3, -0.25) is 4.90 Å². The fourth-order valence-corrected chi connectivity index (χ4v) is 7.14. The number of nitrogens with zero attached hydrogens (tertiary/aromatic N) is 5. The number of alkyl halides is 1. The summed E-state index contributed by atoms with van der Waals surface area (Å²) < 4.78 is 23.4. The number of hydrogen-bond acceptors (Lipinski definition) is 6. The van der Waals surface area contributed by atoms with Crippen molar-refractivity contribution in [3.05, 3.63) is 48.3 Å². The minimum atomic E-state index is -1.08. The number of aryl methyl sites for hydroxylation is 1. The van der Waals surface area contributed by atoms with Gasteiger partial charge in [-0.2, -0.15) is 5.10 Å². The molecule has 1 N–H and O–H groups in total. The number of aromatic hydroxyl groups is 1. The van der Waals surface area contributed by atoms with Gasteiger partial charge in [0.25, 0.3) is 0 Å². The molecule has 178 valence electrons. The molecule has 6 rings (SSSR count). The van der Waals surface area contributed by atoms with Gasteiger partial charge in [-0.1, -0.05) is 20.8 Å². The van der Waals surface area contributed by atoms with Crippen molar-refractivity contribution in [2.45, 2.75) is 58.5 Å². The predicted octanol–water partition coefficient (Wildman–Crippen LogP) is 4.18. The number of hydrogen-bond donors (Lipinski definition) is 1. The Hall–Kier alpha value is -3.00. The number of aromatic nitrogens is 4. The molecule has 1 aromatic carbocycles. The van der Waals surface area contributed by atoms with E-state index in [0.717, 1.165) is 11.4 Å². The highest BCUT2D eigenvalue weighted by molar-refractivity contribution is 5.68. The molecule has 34 heavy (non-hydrogen) atoms. The van der Waals surface area contributed by atoms with E-state index >= 15 is 4.39 Å². The first-order valence-electron chi connectivity index (χ1n) is 11.9. The monoisotopic (exact) mass is 463 g/mol. The molecule has 2 aromatic heterocycles. The third-order valence-electron chi connectivity index (χ3n) is 9.38. The number of rotatable bonds is 4. The van der Waals surface area contributed by atoms with Crippen molar-refractivity contribution in [1.29, 1.82) is 0 Å². The summed E-state index contributed by atoms with van der Waals surface area (Å²) in [5, 5.41) is 23.4. The quantitative estimate of drug-likeness (QED) is 0.626. The van der Waals surface area contributed by atoms with Crippen LogP contribution in [-0.4, -0.2) is 61.4 Å². The average molecular weight is 464 g/mol. The van der Waals surface area contributed by atoms with E-state index < -0.39 is 12.3 Å². The topological polar surface area (TPSA) is 76.3 Å². The molecule has 0 amide bonds. The standard InChI is InChI=1S/C26H30FN5O2/c1-14-10-11-32(30-14)16-6-7-17(19(33)12-16)18-8-9-22(29-28-18)34-20-13-21-25(3)15(2)26(25,4)24(23(20)27)31(21)5/h6-12,15,20-21,23-24,33H,13H2,1-5H3. The summed E-state index contributed by atoms with van der Waals surface area (Å²) >= 11 is 0. The second kappa shape index (κ2) is 7.01. The number of ether oxygens (including phenoxy) is 1. The third kappa shape index (κ3) is 2.69. The third-order valence-corrected chi connectivity index (χ3v) is 9.38. The highest BCUT2D eigenvalue weighted by Gasteiger charge is 2.83. The zero-order valence-electron chi connectivity index (χ0n) is 20.1. The number of fused-ring (bicyclic) bond motifs is 5. The predicted molar refractivity (Wildman–Crippen MR) is 126 cm³/mol. The van der Waals surface area contributed by atoms with Gasteiger partial charge >= 0.3 is 0 Å². The molecular weight excluding hydrogens is 433 g/mol. The van der Waals surface area contributed by atoms with Gasteiger partial charge in [0.05, 0.1) is 23.1 Å². The van der Waals surface area contributed by atoms with E-state index in [1.54, 1.807) is 28.9 Å². The molecule has 7 atom stereocenters. The number of phenols is 1. The van der Waals surface area contributed by atoms with Crippen LogP contribution in [0.3, 0.4) is 0 Å². The Morgan fingerprint density at radius 2 is 1.91 bits per heavy atom. The van der Waals surface area contributed by atoms with E-state index in [1.165, 1.54) is 0 Å². The first-order valence-corrected chi connectivity index (χ1v) is 11.9. The lowest BCUT2D eigenvalue weighted by Crippen LogP contribution is -2.57. The maximum Gasteiger partial charge on any atom is 0.233 e. The van der Waals surface area contributed by atoms with Crippen LogP contribution in [0, 0.1) is 23.7 Å². The van der Waals surface area contributed by atoms with Crippen molar-refractivity contribution >= 4 is 0 Å². The lowest BCUT2D eigenvalue weighted by Gasteiger charge is -2.44. The van der Waals surface area contributed by atoms with Gasteiger partial charge in [0, 0.05) is 36.4 Å². The SMILES string of the molecule is Cc1ccn(-c2ccc(-c3ccc(OC4CC5N(C)C(C4F)C4(C)C(C)C54C)nn3)c(O)c2)n1. The van der Waals surface area contributed by atoms with Crippen LogP contribution in [0.1, 0.15) is 32.9 Å². The highest BCUT2D eigenvalue weighted by Crippen LogP contribution is 2.79. The molecule has 3 fully saturated rings. The Morgan fingerprint density at radius 1 is 1.12 bits per heavy atom. The second-order valence-corrected chi connectivity index (χ2v) is 10.6. The van der Waals surface area contributed by atoms with Gasteiger partial charge in [-0.05, 0) is 55.0 Å². The Balaban J connectivity index is 1.19. The van der Waals surface area contributed by atoms with E-state index in [2.05, 4.69) is 41.0 Å². The summed E-state index contributed by atoms with van der Waals surface area (Å²) in [4.78, 5) is 2.23. The van der Waals surface area contributed by atoms with Crippen molar-refractivity contribution < 1.29 is 14.2 Å². The van der Waals surface area contributed by atoms with Crippen LogP contribution in [0.5, 0.6) is 11.6 Å². The number of benzene rings is 1. The zero-order chi connectivity index (χ0) is 24.0. The van der Waals surface area contributed by atoms with Crippen molar-refractivity contribution in [1.82, 2.24) is 24.9 Å². The van der Waals surface area contributed by atoms with Crippen LogP contribution in [0.2, 0.25) is 0 Å². The average Bonchev–Trinajstić information content (AvgIpc) is 3.09. The van der Waals surface area contributed by atoms with E-state index in [0.29, 0.717) is 35.5 Å². The minimum Gasteiger partial charge on any atom is -0.507 e. The van der Waals surface area contributed by atoms with Crippen LogP contribution < -0.4 is 4.74 Å². The molecule has 7 nitrogen and oxygen atoms in total. The summed E-state index contributed by atoms with van der Waals surface area (Å²) in [5.74, 6) is 0.903. The Labute approximate surface area is 198 Å². The molecule has 0 spiro atoms. The van der Waals surface area contributed by atoms with Crippen molar-refractivity contribution in [2.24, 2.45) is 16.7 Å². The van der Waals surface area contributed by atoms with Gasteiger partial charge in [0.1, 0.15) is 11.9 Å². The fourth-order valence-electron chi connectivity index (χ4n) is 7.14. The van der Waals surface area contributed by atoms with Crippen molar-refractivity contribution in [3.8, 4) is 28.6 Å². The van der Waals surface area contributed by atoms with Gasteiger partial charge < -0.3 is 9.84 Å². The largest absolute Gasteiger partial charge is 0.507 e. The maximum absolute atomic E-state index is 15.7. The highest BCUT2D eigenvalue weighted by atomic mass is 19.1. The molecule has 3 aliphatic rings. The molecule has 2 bridgehead atoms. The molecule has 3 aromatic rings. The molecule has 0 radical (unpaired) electrons. The van der Waals surface area contributed by atoms with E-state index in [9.17, 15) is 5.11 Å². The lowest BCUT2D eigenvalue weighted by atomic mass is 9.86. The van der Waals surface area contributed by atoms with Gasteiger partial charge in [-0.25, -0.2) is 9.07 Å². The molecule has 4 heterocycles. The van der Waals surface area contributed by atoms with Crippen molar-refractivity contribution in [2.75, 3.05) is 7.05 Å². The summed E-state index contributed by atoms with van der Waals surface area (Å²) in [6.45, 7) is 8.69.